The fourth-order valence-electron chi connectivity index (χ4n) is 1.52. The average molecular weight is 106 g/mol. The second-order valence-corrected chi connectivity index (χ2v) is 2.87. The van der Waals surface area contributed by atoms with Gasteiger partial charge in [-0.25, -0.2) is 0 Å². The van der Waals surface area contributed by atoms with Crippen LogP contribution in [0.25, 0.3) is 0 Å². The molecule has 0 heterocycles. The lowest BCUT2D eigenvalue weighted by Gasteiger charge is -1.97. The molecule has 2 aliphatic rings. The van der Waals surface area contributed by atoms with Crippen LogP contribution in [-0.4, -0.2) is 0 Å². The lowest BCUT2D eigenvalue weighted by molar-refractivity contribution is 0.767. The van der Waals surface area contributed by atoms with Crippen molar-refractivity contribution < 1.29 is 0 Å². The summed E-state index contributed by atoms with van der Waals surface area (Å²) in [4.78, 5) is 0. The van der Waals surface area contributed by atoms with Crippen LogP contribution in [0.15, 0.2) is 17.4 Å². The molecule has 2 atom stereocenters. The molecule has 0 bridgehead atoms. The zero-order chi connectivity index (χ0) is 5.56. The summed E-state index contributed by atoms with van der Waals surface area (Å²) in [6.07, 6.45) is 4.92. The minimum atomic E-state index is 0.944. The molecule has 0 aromatic rings. The molecule has 1 fully saturated rings. The minimum Gasteiger partial charge on any atom is -0.126 e. The van der Waals surface area contributed by atoms with E-state index < -0.39 is 0 Å². The molecule has 42 valence electrons. The van der Waals surface area contributed by atoms with Crippen molar-refractivity contribution in [1.29, 1.82) is 0 Å². The van der Waals surface area contributed by atoms with Crippen molar-refractivity contribution in [2.45, 2.75) is 19.8 Å². The molecule has 0 radical (unpaired) electrons. The van der Waals surface area contributed by atoms with E-state index in [9.17, 15) is 0 Å². The van der Waals surface area contributed by atoms with Crippen LogP contribution < -0.4 is 0 Å². The Morgan fingerprint density at radius 1 is 1.75 bits per heavy atom. The van der Waals surface area contributed by atoms with Crippen LogP contribution in [0, 0.1) is 11.8 Å². The van der Waals surface area contributed by atoms with Crippen molar-refractivity contribution in [2.75, 3.05) is 0 Å². The van der Waals surface area contributed by atoms with Gasteiger partial charge in [-0.05, 0) is 43.3 Å². The van der Waals surface area contributed by atoms with E-state index in [1.54, 1.807) is 0 Å². The standard InChI is InChI=1S/C8H10/c1-6-3-2-4-7-5-8(6)7/h2,7-8H,4-5H2,1H3/t7-,8?/m0/s1. The predicted molar refractivity (Wildman–Crippen MR) is 33.5 cm³/mol. The Morgan fingerprint density at radius 2 is 2.62 bits per heavy atom. The van der Waals surface area contributed by atoms with E-state index in [0.717, 1.165) is 11.8 Å². The summed E-state index contributed by atoms with van der Waals surface area (Å²) < 4.78 is 0. The zero-order valence-corrected chi connectivity index (χ0v) is 5.15. The Bertz CT molecular complexity index is 170. The quantitative estimate of drug-likeness (QED) is 0.415. The van der Waals surface area contributed by atoms with Gasteiger partial charge < -0.3 is 0 Å². The lowest BCUT2D eigenvalue weighted by Crippen LogP contribution is -1.85. The molecule has 0 aromatic heterocycles. The number of rotatable bonds is 0. The summed E-state index contributed by atoms with van der Waals surface area (Å²) >= 11 is 0. The number of allylic oxidation sites excluding steroid dienone is 1. The molecule has 2 rings (SSSR count). The SMILES string of the molecule is CC1=C=CC[C@H]2CC12. The van der Waals surface area contributed by atoms with Crippen LogP contribution in [0.1, 0.15) is 19.8 Å². The van der Waals surface area contributed by atoms with Gasteiger partial charge in [-0.3, -0.25) is 0 Å². The monoisotopic (exact) mass is 106 g/mol. The van der Waals surface area contributed by atoms with Crippen LogP contribution in [0.4, 0.5) is 0 Å². The van der Waals surface area contributed by atoms with Crippen LogP contribution in [0.5, 0.6) is 0 Å². The van der Waals surface area contributed by atoms with Crippen molar-refractivity contribution in [3.8, 4) is 0 Å². The summed E-state index contributed by atoms with van der Waals surface area (Å²) in [6, 6.07) is 0. The van der Waals surface area contributed by atoms with Crippen molar-refractivity contribution in [2.24, 2.45) is 11.8 Å². The van der Waals surface area contributed by atoms with Crippen molar-refractivity contribution >= 4 is 0 Å². The number of hydrogen-bond donors (Lipinski definition) is 0. The van der Waals surface area contributed by atoms with Gasteiger partial charge in [0, 0.05) is 0 Å². The lowest BCUT2D eigenvalue weighted by atomic mass is 10.1. The average Bonchev–Trinajstić information content (AvgIpc) is 2.45. The maximum Gasteiger partial charge on any atom is -0.00953 e. The molecule has 0 amide bonds. The summed E-state index contributed by atoms with van der Waals surface area (Å²) in [5.41, 5.74) is 4.75. The normalized spacial score (nSPS) is 40.9. The maximum absolute atomic E-state index is 3.27. The molecule has 0 saturated heterocycles. The van der Waals surface area contributed by atoms with E-state index in [0.29, 0.717) is 0 Å². The second kappa shape index (κ2) is 1.27. The number of fused-ring (bicyclic) bond motifs is 1. The van der Waals surface area contributed by atoms with E-state index in [-0.39, 0.29) is 0 Å². The van der Waals surface area contributed by atoms with Crippen molar-refractivity contribution in [3.05, 3.63) is 17.4 Å². The molecule has 8 heavy (non-hydrogen) atoms. The first-order valence-electron chi connectivity index (χ1n) is 3.29. The Morgan fingerprint density at radius 3 is 3.25 bits per heavy atom. The molecule has 0 heteroatoms. The molecule has 0 nitrogen and oxygen atoms in total. The largest absolute Gasteiger partial charge is 0.126 e. The Labute approximate surface area is 49.9 Å². The topological polar surface area (TPSA) is 0 Å². The van der Waals surface area contributed by atoms with Crippen LogP contribution in [0.2, 0.25) is 0 Å². The minimum absolute atomic E-state index is 0.944. The summed E-state index contributed by atoms with van der Waals surface area (Å²) in [5.74, 6) is 1.97. The molecule has 2 aliphatic carbocycles. The fourth-order valence-corrected chi connectivity index (χ4v) is 1.52. The van der Waals surface area contributed by atoms with E-state index in [2.05, 4.69) is 18.7 Å². The number of hydrogen-bond acceptors (Lipinski definition) is 0. The summed E-state index contributed by atoms with van der Waals surface area (Å²) in [7, 11) is 0. The van der Waals surface area contributed by atoms with Crippen LogP contribution >= 0.6 is 0 Å². The maximum atomic E-state index is 3.27. The highest BCUT2D eigenvalue weighted by molar-refractivity contribution is 5.17. The third-order valence-electron chi connectivity index (χ3n) is 2.23. The first-order chi connectivity index (χ1) is 3.88. The molecule has 0 aromatic carbocycles. The van der Waals surface area contributed by atoms with E-state index in [1.807, 2.05) is 0 Å². The van der Waals surface area contributed by atoms with Crippen molar-refractivity contribution in [1.82, 2.24) is 0 Å². The molecule has 1 saturated carbocycles. The van der Waals surface area contributed by atoms with Gasteiger partial charge >= 0.3 is 0 Å². The highest BCUT2D eigenvalue weighted by Crippen LogP contribution is 2.47. The molecule has 0 spiro atoms. The Kier molecular flexibility index (Phi) is 0.698. The zero-order valence-electron chi connectivity index (χ0n) is 5.15. The molecule has 0 N–H and O–H groups in total. The van der Waals surface area contributed by atoms with Crippen LogP contribution in [-0.2, 0) is 0 Å². The van der Waals surface area contributed by atoms with Gasteiger partial charge in [-0.1, -0.05) is 0 Å². The molecule has 0 aliphatic heterocycles. The van der Waals surface area contributed by atoms with Crippen LogP contribution in [0.3, 0.4) is 0 Å². The van der Waals surface area contributed by atoms with E-state index in [4.69, 9.17) is 0 Å². The first-order valence-corrected chi connectivity index (χ1v) is 3.29. The van der Waals surface area contributed by atoms with E-state index in [1.165, 1.54) is 18.4 Å². The van der Waals surface area contributed by atoms with Gasteiger partial charge in [0.1, 0.15) is 0 Å². The van der Waals surface area contributed by atoms with Gasteiger partial charge in [0.2, 0.25) is 0 Å². The fraction of sp³-hybridized carbons (Fsp3) is 0.625. The third-order valence-corrected chi connectivity index (χ3v) is 2.23. The Balaban J connectivity index is 2.34. The highest BCUT2D eigenvalue weighted by atomic mass is 14.4. The molecular formula is C8H10. The predicted octanol–water partition coefficient (Wildman–Crippen LogP) is 2.13. The third kappa shape index (κ3) is 0.468. The van der Waals surface area contributed by atoms with Gasteiger partial charge in [-0.15, -0.1) is 5.73 Å². The molecular weight excluding hydrogens is 96.1 g/mol. The second-order valence-electron chi connectivity index (χ2n) is 2.87. The smallest absolute Gasteiger partial charge is 0.00953 e. The highest BCUT2D eigenvalue weighted by Gasteiger charge is 2.38. The summed E-state index contributed by atoms with van der Waals surface area (Å²) in [6.45, 7) is 2.19. The van der Waals surface area contributed by atoms with Crippen molar-refractivity contribution in [3.63, 3.8) is 0 Å². The summed E-state index contributed by atoms with van der Waals surface area (Å²) in [5, 5.41) is 0. The van der Waals surface area contributed by atoms with Gasteiger partial charge in [-0.2, -0.15) is 0 Å². The van der Waals surface area contributed by atoms with E-state index >= 15 is 0 Å². The van der Waals surface area contributed by atoms with Gasteiger partial charge in [0.25, 0.3) is 0 Å². The van der Waals surface area contributed by atoms with Gasteiger partial charge in [0.15, 0.2) is 0 Å². The first kappa shape index (κ1) is 4.40. The molecule has 1 unspecified atom stereocenters. The van der Waals surface area contributed by atoms with Gasteiger partial charge in [0.05, 0.1) is 0 Å². The Hall–Kier alpha value is -0.480.